The van der Waals surface area contributed by atoms with E-state index in [1.165, 1.54) is 116 Å². The molecule has 1 atom stereocenters. The third-order valence-corrected chi connectivity index (χ3v) is 7.64. The summed E-state index contributed by atoms with van der Waals surface area (Å²) in [6.45, 7) is 5.08. The Balaban J connectivity index is 3.29. The van der Waals surface area contributed by atoms with Gasteiger partial charge in [0.15, 0.2) is 0 Å². The molecule has 3 heteroatoms. The van der Waals surface area contributed by atoms with Crippen LogP contribution >= 0.6 is 0 Å². The maximum absolute atomic E-state index is 11.9. The van der Waals surface area contributed by atoms with Gasteiger partial charge in [-0.05, 0) is 64.2 Å². The molecule has 1 N–H and O–H groups in total. The number of hydrogen-bond donors (Lipinski definition) is 1. The van der Waals surface area contributed by atoms with E-state index in [0.717, 1.165) is 51.4 Å². The molecule has 0 radical (unpaired) electrons. The van der Waals surface area contributed by atoms with Crippen molar-refractivity contribution in [2.45, 2.75) is 193 Å². The van der Waals surface area contributed by atoms with Gasteiger partial charge in [0.2, 0.25) is 0 Å². The van der Waals surface area contributed by atoms with Crippen molar-refractivity contribution in [3.05, 3.63) is 24.3 Å². The van der Waals surface area contributed by atoms with Gasteiger partial charge in [-0.2, -0.15) is 0 Å². The van der Waals surface area contributed by atoms with Gasteiger partial charge in [0.25, 0.3) is 0 Å². The number of rotatable bonds is 31. The fourth-order valence-corrected chi connectivity index (χ4v) is 4.97. The number of carbonyl (C=O) groups is 1. The van der Waals surface area contributed by atoms with Gasteiger partial charge in [-0.15, -0.1) is 0 Å². The topological polar surface area (TPSA) is 46.5 Å². The Bertz CT molecular complexity index is 539. The molecule has 0 aliphatic carbocycles. The third-order valence-electron chi connectivity index (χ3n) is 7.64. The fourth-order valence-electron chi connectivity index (χ4n) is 4.97. The minimum Gasteiger partial charge on any atom is -0.466 e. The number of allylic oxidation sites excluding steroid dienone is 3. The summed E-state index contributed by atoms with van der Waals surface area (Å²) < 4.78 is 5.41. The minimum atomic E-state index is -0.158. The molecule has 1 unspecified atom stereocenters. The molecule has 0 bridgehead atoms. The predicted octanol–water partition coefficient (Wildman–Crippen LogP) is 11.6. The highest BCUT2D eigenvalue weighted by Crippen LogP contribution is 2.12. The lowest BCUT2D eigenvalue weighted by atomic mass is 10.1. The van der Waals surface area contributed by atoms with Crippen LogP contribution in [0.4, 0.5) is 0 Å². The zero-order chi connectivity index (χ0) is 28.5. The molecule has 0 aromatic heterocycles. The largest absolute Gasteiger partial charge is 0.466 e. The Kier molecular flexibility index (Phi) is 32.2. The lowest BCUT2D eigenvalue weighted by molar-refractivity contribution is -0.143. The summed E-state index contributed by atoms with van der Waals surface area (Å²) >= 11 is 0. The van der Waals surface area contributed by atoms with Crippen molar-refractivity contribution in [2.75, 3.05) is 6.61 Å². The second-order valence-electron chi connectivity index (χ2n) is 11.7. The Morgan fingerprint density at radius 3 is 1.56 bits per heavy atom. The van der Waals surface area contributed by atoms with Gasteiger partial charge in [-0.25, -0.2) is 0 Å². The quantitative estimate of drug-likeness (QED) is 0.0532. The Hall–Kier alpha value is -1.09. The van der Waals surface area contributed by atoms with Crippen LogP contribution in [-0.2, 0) is 9.53 Å². The van der Waals surface area contributed by atoms with Crippen molar-refractivity contribution >= 4 is 5.97 Å². The average molecular weight is 549 g/mol. The molecule has 3 nitrogen and oxygen atoms in total. The van der Waals surface area contributed by atoms with Gasteiger partial charge in [0, 0.05) is 6.42 Å². The van der Waals surface area contributed by atoms with E-state index >= 15 is 0 Å². The van der Waals surface area contributed by atoms with Crippen molar-refractivity contribution in [2.24, 2.45) is 0 Å². The SMILES string of the molecule is CCCCCCCCC=CCCCCCCCC(=O)OCCCCCCCCC=CCC(O)CCCCCC. The van der Waals surface area contributed by atoms with E-state index in [2.05, 4.69) is 38.2 Å². The number of carbonyl (C=O) groups excluding carboxylic acids is 1. The molecule has 0 aromatic carbocycles. The molecule has 230 valence electrons. The van der Waals surface area contributed by atoms with Crippen LogP contribution in [-0.4, -0.2) is 23.8 Å². The lowest BCUT2D eigenvalue weighted by Gasteiger charge is -2.07. The maximum Gasteiger partial charge on any atom is 0.305 e. The molecule has 0 heterocycles. The van der Waals surface area contributed by atoms with Gasteiger partial charge in [-0.1, -0.05) is 141 Å². The summed E-state index contributed by atoms with van der Waals surface area (Å²) in [6.07, 6.45) is 41.1. The van der Waals surface area contributed by atoms with Gasteiger partial charge in [0.05, 0.1) is 12.7 Å². The third kappa shape index (κ3) is 33.0. The predicted molar refractivity (Wildman–Crippen MR) is 171 cm³/mol. The number of aliphatic hydroxyl groups excluding tert-OH is 1. The molecule has 0 rings (SSSR count). The summed E-state index contributed by atoms with van der Waals surface area (Å²) in [5.74, 6) is -0.00880. The first-order chi connectivity index (χ1) is 19.2. The molecular weight excluding hydrogens is 480 g/mol. The standard InChI is InChI=1S/C36H68O3/c1-3-5-7-9-10-11-12-13-14-15-16-19-22-25-29-33-36(38)39-34-30-26-23-20-17-18-21-24-28-32-35(37)31-27-8-6-4-2/h13-14,24,28,35,37H,3-12,15-23,25-27,29-34H2,1-2H3. The molecule has 0 saturated heterocycles. The van der Waals surface area contributed by atoms with Gasteiger partial charge in [0.1, 0.15) is 0 Å². The van der Waals surface area contributed by atoms with Crippen molar-refractivity contribution in [3.63, 3.8) is 0 Å². The van der Waals surface area contributed by atoms with Crippen LogP contribution in [0, 0.1) is 0 Å². The summed E-state index contributed by atoms with van der Waals surface area (Å²) in [5.41, 5.74) is 0. The highest BCUT2D eigenvalue weighted by molar-refractivity contribution is 5.69. The summed E-state index contributed by atoms with van der Waals surface area (Å²) in [4.78, 5) is 11.9. The number of aliphatic hydroxyl groups is 1. The van der Waals surface area contributed by atoms with Crippen LogP contribution < -0.4 is 0 Å². The van der Waals surface area contributed by atoms with Gasteiger partial charge < -0.3 is 9.84 Å². The Labute approximate surface area is 244 Å². The monoisotopic (exact) mass is 549 g/mol. The number of hydrogen-bond acceptors (Lipinski definition) is 3. The summed E-state index contributed by atoms with van der Waals surface area (Å²) in [7, 11) is 0. The minimum absolute atomic E-state index is 0.00880. The highest BCUT2D eigenvalue weighted by Gasteiger charge is 2.03. The second kappa shape index (κ2) is 33.1. The van der Waals surface area contributed by atoms with E-state index in [-0.39, 0.29) is 12.1 Å². The molecule has 0 spiro atoms. The molecule has 0 saturated carbocycles. The molecule has 0 aliphatic rings. The van der Waals surface area contributed by atoms with Crippen LogP contribution in [0.5, 0.6) is 0 Å². The fraction of sp³-hybridized carbons (Fsp3) is 0.861. The van der Waals surface area contributed by atoms with E-state index in [4.69, 9.17) is 4.74 Å². The zero-order valence-electron chi connectivity index (χ0n) is 26.4. The first-order valence-electron chi connectivity index (χ1n) is 17.3. The Morgan fingerprint density at radius 2 is 1.00 bits per heavy atom. The van der Waals surface area contributed by atoms with Crippen LogP contribution in [0.1, 0.15) is 187 Å². The van der Waals surface area contributed by atoms with E-state index in [1.807, 2.05) is 0 Å². The van der Waals surface area contributed by atoms with Gasteiger partial charge in [-0.3, -0.25) is 4.79 Å². The average Bonchev–Trinajstić information content (AvgIpc) is 2.93. The van der Waals surface area contributed by atoms with Crippen molar-refractivity contribution < 1.29 is 14.6 Å². The first kappa shape index (κ1) is 37.9. The van der Waals surface area contributed by atoms with Crippen LogP contribution in [0.2, 0.25) is 0 Å². The van der Waals surface area contributed by atoms with E-state index in [0.29, 0.717) is 13.0 Å². The highest BCUT2D eigenvalue weighted by atomic mass is 16.5. The smallest absolute Gasteiger partial charge is 0.305 e. The normalized spacial score (nSPS) is 12.6. The lowest BCUT2D eigenvalue weighted by Crippen LogP contribution is -2.05. The molecule has 39 heavy (non-hydrogen) atoms. The van der Waals surface area contributed by atoms with E-state index < -0.39 is 0 Å². The first-order valence-corrected chi connectivity index (χ1v) is 17.3. The molecular formula is C36H68O3. The number of esters is 1. The molecule has 0 fully saturated rings. The van der Waals surface area contributed by atoms with Gasteiger partial charge >= 0.3 is 5.97 Å². The van der Waals surface area contributed by atoms with Crippen LogP contribution in [0.3, 0.4) is 0 Å². The number of ether oxygens (including phenoxy) is 1. The molecule has 0 amide bonds. The molecule has 0 aliphatic heterocycles. The van der Waals surface area contributed by atoms with E-state index in [1.54, 1.807) is 0 Å². The summed E-state index contributed by atoms with van der Waals surface area (Å²) in [5, 5.41) is 9.98. The van der Waals surface area contributed by atoms with Crippen LogP contribution in [0.25, 0.3) is 0 Å². The van der Waals surface area contributed by atoms with Crippen molar-refractivity contribution in [3.8, 4) is 0 Å². The van der Waals surface area contributed by atoms with Crippen molar-refractivity contribution in [1.82, 2.24) is 0 Å². The van der Waals surface area contributed by atoms with E-state index in [9.17, 15) is 9.90 Å². The molecule has 0 aromatic rings. The van der Waals surface area contributed by atoms with Crippen LogP contribution in [0.15, 0.2) is 24.3 Å². The second-order valence-corrected chi connectivity index (χ2v) is 11.7. The maximum atomic E-state index is 11.9. The summed E-state index contributed by atoms with van der Waals surface area (Å²) in [6, 6.07) is 0. The Morgan fingerprint density at radius 1 is 0.564 bits per heavy atom. The zero-order valence-corrected chi connectivity index (χ0v) is 26.4. The van der Waals surface area contributed by atoms with Crippen molar-refractivity contribution in [1.29, 1.82) is 0 Å². The number of unbranched alkanes of at least 4 members (excludes halogenated alkanes) is 20.